The SMILES string of the molecule is Cc1c(C(=O)N2CCCNCC2)nnn1-c1ccc2ncccc2c1. The van der Waals surface area contributed by atoms with E-state index < -0.39 is 0 Å². The molecule has 4 rings (SSSR count). The van der Waals surface area contributed by atoms with Crippen molar-refractivity contribution in [3.05, 3.63) is 47.9 Å². The quantitative estimate of drug-likeness (QED) is 0.768. The van der Waals surface area contributed by atoms with Crippen LogP contribution in [0.25, 0.3) is 16.6 Å². The lowest BCUT2D eigenvalue weighted by atomic mass is 10.2. The number of carbonyl (C=O) groups excluding carboxylic acids is 1. The maximum absolute atomic E-state index is 12.8. The van der Waals surface area contributed by atoms with Crippen LogP contribution in [0.1, 0.15) is 22.6 Å². The average Bonchev–Trinajstić information content (AvgIpc) is 2.85. The van der Waals surface area contributed by atoms with Crippen molar-refractivity contribution in [2.75, 3.05) is 26.2 Å². The van der Waals surface area contributed by atoms with Crippen LogP contribution < -0.4 is 5.32 Å². The van der Waals surface area contributed by atoms with E-state index in [-0.39, 0.29) is 5.91 Å². The first-order valence-corrected chi connectivity index (χ1v) is 8.51. The third kappa shape index (κ3) is 2.98. The third-order valence-electron chi connectivity index (χ3n) is 4.56. The summed E-state index contributed by atoms with van der Waals surface area (Å²) in [6.45, 7) is 5.10. The zero-order chi connectivity index (χ0) is 17.2. The van der Waals surface area contributed by atoms with E-state index in [1.165, 1.54) is 0 Å². The molecule has 1 aliphatic rings. The number of amides is 1. The normalized spacial score (nSPS) is 15.3. The van der Waals surface area contributed by atoms with Crippen LogP contribution in [0.3, 0.4) is 0 Å². The zero-order valence-electron chi connectivity index (χ0n) is 14.1. The molecule has 128 valence electrons. The van der Waals surface area contributed by atoms with Crippen LogP contribution in [0.2, 0.25) is 0 Å². The Kier molecular flexibility index (Phi) is 4.15. The molecule has 1 N–H and O–H groups in total. The number of rotatable bonds is 2. The Labute approximate surface area is 145 Å². The fourth-order valence-electron chi connectivity index (χ4n) is 3.17. The van der Waals surface area contributed by atoms with Gasteiger partial charge in [-0.3, -0.25) is 9.78 Å². The van der Waals surface area contributed by atoms with Crippen LogP contribution in [-0.2, 0) is 0 Å². The number of carbonyl (C=O) groups is 1. The van der Waals surface area contributed by atoms with Gasteiger partial charge in [0.2, 0.25) is 0 Å². The number of nitrogens with zero attached hydrogens (tertiary/aromatic N) is 5. The van der Waals surface area contributed by atoms with Crippen LogP contribution in [0, 0.1) is 6.92 Å². The minimum Gasteiger partial charge on any atom is -0.336 e. The van der Waals surface area contributed by atoms with E-state index in [9.17, 15) is 4.79 Å². The highest BCUT2D eigenvalue weighted by Gasteiger charge is 2.23. The van der Waals surface area contributed by atoms with Gasteiger partial charge in [-0.2, -0.15) is 0 Å². The maximum Gasteiger partial charge on any atom is 0.276 e. The summed E-state index contributed by atoms with van der Waals surface area (Å²) in [6.07, 6.45) is 2.73. The molecular formula is C18H20N6O. The zero-order valence-corrected chi connectivity index (χ0v) is 14.1. The van der Waals surface area contributed by atoms with Gasteiger partial charge in [0.25, 0.3) is 5.91 Å². The summed E-state index contributed by atoms with van der Waals surface area (Å²) >= 11 is 0. The summed E-state index contributed by atoms with van der Waals surface area (Å²) in [5.41, 5.74) is 2.98. The fraction of sp³-hybridized carbons (Fsp3) is 0.333. The highest BCUT2D eigenvalue weighted by Crippen LogP contribution is 2.19. The summed E-state index contributed by atoms with van der Waals surface area (Å²) in [6, 6.07) is 9.82. The molecule has 1 aromatic carbocycles. The van der Waals surface area contributed by atoms with E-state index in [2.05, 4.69) is 20.6 Å². The van der Waals surface area contributed by atoms with Gasteiger partial charge in [-0.05, 0) is 44.2 Å². The molecule has 0 radical (unpaired) electrons. The summed E-state index contributed by atoms with van der Waals surface area (Å²) in [5.74, 6) is -0.0464. The molecule has 1 fully saturated rings. The van der Waals surface area contributed by atoms with Gasteiger partial charge in [-0.25, -0.2) is 4.68 Å². The molecule has 0 atom stereocenters. The molecule has 3 heterocycles. The Balaban J connectivity index is 1.66. The second-order valence-electron chi connectivity index (χ2n) is 6.21. The average molecular weight is 336 g/mol. The Morgan fingerprint density at radius 1 is 1.20 bits per heavy atom. The molecule has 1 aliphatic heterocycles. The largest absolute Gasteiger partial charge is 0.336 e. The minimum atomic E-state index is -0.0464. The van der Waals surface area contributed by atoms with E-state index in [1.807, 2.05) is 42.2 Å². The molecule has 3 aromatic rings. The van der Waals surface area contributed by atoms with E-state index in [0.717, 1.165) is 48.3 Å². The van der Waals surface area contributed by atoms with Crippen molar-refractivity contribution in [2.45, 2.75) is 13.3 Å². The number of pyridine rings is 1. The van der Waals surface area contributed by atoms with Crippen molar-refractivity contribution in [2.24, 2.45) is 0 Å². The van der Waals surface area contributed by atoms with Gasteiger partial charge < -0.3 is 10.2 Å². The summed E-state index contributed by atoms with van der Waals surface area (Å²) in [4.78, 5) is 19.0. The molecule has 0 saturated carbocycles. The topological polar surface area (TPSA) is 75.9 Å². The second kappa shape index (κ2) is 6.60. The number of fused-ring (bicyclic) bond motifs is 1. The van der Waals surface area contributed by atoms with Crippen LogP contribution >= 0.6 is 0 Å². The Bertz CT molecular complexity index is 911. The van der Waals surface area contributed by atoms with Crippen LogP contribution in [0.5, 0.6) is 0 Å². The summed E-state index contributed by atoms with van der Waals surface area (Å²) in [7, 11) is 0. The van der Waals surface area contributed by atoms with E-state index >= 15 is 0 Å². The maximum atomic E-state index is 12.8. The first kappa shape index (κ1) is 15.7. The molecule has 0 unspecified atom stereocenters. The molecule has 1 saturated heterocycles. The molecule has 2 aromatic heterocycles. The highest BCUT2D eigenvalue weighted by atomic mass is 16.2. The summed E-state index contributed by atoms with van der Waals surface area (Å²) < 4.78 is 1.72. The Morgan fingerprint density at radius 3 is 3.04 bits per heavy atom. The van der Waals surface area contributed by atoms with E-state index in [4.69, 9.17) is 0 Å². The van der Waals surface area contributed by atoms with Crippen molar-refractivity contribution in [1.29, 1.82) is 0 Å². The van der Waals surface area contributed by atoms with Crippen molar-refractivity contribution in [3.63, 3.8) is 0 Å². The van der Waals surface area contributed by atoms with Crippen molar-refractivity contribution in [3.8, 4) is 5.69 Å². The predicted molar refractivity (Wildman–Crippen MR) is 94.8 cm³/mol. The molecule has 25 heavy (non-hydrogen) atoms. The third-order valence-corrected chi connectivity index (χ3v) is 4.56. The van der Waals surface area contributed by atoms with Crippen molar-refractivity contribution >= 4 is 16.8 Å². The lowest BCUT2D eigenvalue weighted by molar-refractivity contribution is 0.0759. The lowest BCUT2D eigenvalue weighted by Crippen LogP contribution is -2.34. The van der Waals surface area contributed by atoms with Crippen molar-refractivity contribution < 1.29 is 4.79 Å². The standard InChI is InChI=1S/C18H20N6O/c1-13-17(18(25)23-10-3-7-19-9-11-23)21-22-24(13)15-5-6-16-14(12-15)4-2-8-20-16/h2,4-6,8,12,19H,3,7,9-11H2,1H3. The molecule has 0 aliphatic carbocycles. The first-order chi connectivity index (χ1) is 12.2. The first-order valence-electron chi connectivity index (χ1n) is 8.51. The monoisotopic (exact) mass is 336 g/mol. The molecule has 7 heteroatoms. The van der Waals surface area contributed by atoms with Crippen LogP contribution in [0.15, 0.2) is 36.5 Å². The number of hydrogen-bond acceptors (Lipinski definition) is 5. The number of hydrogen-bond donors (Lipinski definition) is 1. The fourth-order valence-corrected chi connectivity index (χ4v) is 3.17. The number of benzene rings is 1. The van der Waals surface area contributed by atoms with Crippen LogP contribution in [-0.4, -0.2) is 57.0 Å². The van der Waals surface area contributed by atoms with Gasteiger partial charge in [0.05, 0.1) is 16.9 Å². The number of aromatic nitrogens is 4. The van der Waals surface area contributed by atoms with E-state index in [1.54, 1.807) is 10.9 Å². The Morgan fingerprint density at radius 2 is 2.12 bits per heavy atom. The van der Waals surface area contributed by atoms with Gasteiger partial charge in [-0.1, -0.05) is 11.3 Å². The predicted octanol–water partition coefficient (Wildman–Crippen LogP) is 1.56. The van der Waals surface area contributed by atoms with Gasteiger partial charge in [0, 0.05) is 31.2 Å². The van der Waals surface area contributed by atoms with Gasteiger partial charge in [0.1, 0.15) is 0 Å². The smallest absolute Gasteiger partial charge is 0.276 e. The second-order valence-corrected chi connectivity index (χ2v) is 6.21. The summed E-state index contributed by atoms with van der Waals surface area (Å²) in [5, 5.41) is 12.7. The van der Waals surface area contributed by atoms with Crippen molar-refractivity contribution in [1.82, 2.24) is 30.2 Å². The minimum absolute atomic E-state index is 0.0464. The van der Waals surface area contributed by atoms with E-state index in [0.29, 0.717) is 12.2 Å². The van der Waals surface area contributed by atoms with Gasteiger partial charge in [0.15, 0.2) is 5.69 Å². The van der Waals surface area contributed by atoms with Gasteiger partial charge >= 0.3 is 0 Å². The molecule has 7 nitrogen and oxygen atoms in total. The van der Waals surface area contributed by atoms with Gasteiger partial charge in [-0.15, -0.1) is 5.10 Å². The highest BCUT2D eigenvalue weighted by molar-refractivity contribution is 5.93. The molecule has 0 bridgehead atoms. The lowest BCUT2D eigenvalue weighted by Gasteiger charge is -2.18. The van der Waals surface area contributed by atoms with Crippen LogP contribution in [0.4, 0.5) is 0 Å². The molecule has 1 amide bonds. The molecule has 0 spiro atoms. The number of nitrogens with one attached hydrogen (secondary N) is 1. The molecular weight excluding hydrogens is 316 g/mol. The Hall–Kier alpha value is -2.80.